The second-order valence-corrected chi connectivity index (χ2v) is 4.69. The van der Waals surface area contributed by atoms with Crippen LogP contribution >= 0.6 is 11.3 Å². The Bertz CT molecular complexity index is 402. The molecule has 2 heterocycles. The minimum absolute atomic E-state index is 0.284. The molecule has 0 aliphatic rings. The van der Waals surface area contributed by atoms with E-state index in [-0.39, 0.29) is 6.10 Å². The summed E-state index contributed by atoms with van der Waals surface area (Å²) in [7, 11) is 0. The molecule has 0 spiro atoms. The third kappa shape index (κ3) is 3.40. The van der Waals surface area contributed by atoms with Crippen LogP contribution in [0.25, 0.3) is 0 Å². The lowest BCUT2D eigenvalue weighted by Crippen LogP contribution is -2.10. The van der Waals surface area contributed by atoms with Crippen molar-refractivity contribution in [3.63, 3.8) is 0 Å². The predicted molar refractivity (Wildman–Crippen MR) is 64.4 cm³/mol. The highest BCUT2D eigenvalue weighted by Crippen LogP contribution is 2.12. The number of thiazole rings is 1. The van der Waals surface area contributed by atoms with Crippen molar-refractivity contribution in [1.82, 2.24) is 9.97 Å². The van der Waals surface area contributed by atoms with Crippen molar-refractivity contribution in [2.45, 2.75) is 25.4 Å². The summed E-state index contributed by atoms with van der Waals surface area (Å²) in [5.41, 5.74) is 3.02. The van der Waals surface area contributed by atoms with E-state index in [4.69, 9.17) is 0 Å². The summed E-state index contributed by atoms with van der Waals surface area (Å²) in [6.45, 7) is 0. The molecule has 0 fully saturated rings. The average molecular weight is 234 g/mol. The normalized spacial score (nSPS) is 12.6. The Balaban J connectivity index is 1.78. The quantitative estimate of drug-likeness (QED) is 0.861. The molecule has 0 bridgehead atoms. The van der Waals surface area contributed by atoms with E-state index in [1.807, 2.05) is 18.3 Å². The molecule has 0 aliphatic carbocycles. The Morgan fingerprint density at radius 2 is 2.06 bits per heavy atom. The van der Waals surface area contributed by atoms with Crippen LogP contribution in [0.3, 0.4) is 0 Å². The summed E-state index contributed by atoms with van der Waals surface area (Å²) in [5.74, 6) is 0. The summed E-state index contributed by atoms with van der Waals surface area (Å²) in [4.78, 5) is 9.10. The summed E-state index contributed by atoms with van der Waals surface area (Å²) in [5, 5.41) is 9.85. The van der Waals surface area contributed by atoms with Crippen molar-refractivity contribution in [3.05, 3.63) is 46.7 Å². The second kappa shape index (κ2) is 5.72. The molecule has 1 N–H and O–H groups in total. The van der Waals surface area contributed by atoms with Gasteiger partial charge in [0.1, 0.15) is 0 Å². The lowest BCUT2D eigenvalue weighted by atomic mass is 10.1. The molecule has 3 nitrogen and oxygen atoms in total. The van der Waals surface area contributed by atoms with Crippen LogP contribution < -0.4 is 0 Å². The molecule has 1 atom stereocenters. The monoisotopic (exact) mass is 234 g/mol. The first kappa shape index (κ1) is 11.2. The Morgan fingerprint density at radius 3 is 2.75 bits per heavy atom. The van der Waals surface area contributed by atoms with Gasteiger partial charge < -0.3 is 5.11 Å². The van der Waals surface area contributed by atoms with E-state index in [0.29, 0.717) is 6.42 Å². The van der Waals surface area contributed by atoms with Crippen molar-refractivity contribution in [1.29, 1.82) is 0 Å². The lowest BCUT2D eigenvalue weighted by molar-refractivity contribution is 0.166. The van der Waals surface area contributed by atoms with E-state index >= 15 is 0 Å². The van der Waals surface area contributed by atoms with Crippen molar-refractivity contribution >= 4 is 11.3 Å². The number of rotatable bonds is 5. The molecule has 2 aromatic heterocycles. The first-order chi connectivity index (χ1) is 7.84. The molecule has 0 radical (unpaired) electrons. The van der Waals surface area contributed by atoms with Crippen molar-refractivity contribution in [2.24, 2.45) is 0 Å². The van der Waals surface area contributed by atoms with Crippen LogP contribution in [0, 0.1) is 0 Å². The van der Waals surface area contributed by atoms with Gasteiger partial charge in [-0.05, 0) is 30.5 Å². The molecule has 16 heavy (non-hydrogen) atoms. The molecule has 0 aliphatic heterocycles. The molecule has 0 aromatic carbocycles. The molecule has 1 unspecified atom stereocenters. The van der Waals surface area contributed by atoms with Gasteiger partial charge in [-0.3, -0.25) is 9.97 Å². The third-order valence-corrected chi connectivity index (χ3v) is 3.24. The maximum absolute atomic E-state index is 9.85. The van der Waals surface area contributed by atoms with Crippen molar-refractivity contribution in [3.8, 4) is 0 Å². The fourth-order valence-electron chi connectivity index (χ4n) is 1.56. The maximum atomic E-state index is 9.85. The van der Waals surface area contributed by atoms with Gasteiger partial charge in [-0.15, -0.1) is 11.3 Å². The molecule has 0 saturated heterocycles. The highest BCUT2D eigenvalue weighted by Gasteiger charge is 2.06. The van der Waals surface area contributed by atoms with Crippen LogP contribution in [0.5, 0.6) is 0 Å². The summed E-state index contributed by atoms with van der Waals surface area (Å²) < 4.78 is 0. The Hall–Kier alpha value is -1.26. The Labute approximate surface area is 98.8 Å². The minimum atomic E-state index is -0.284. The molecular weight excluding hydrogens is 220 g/mol. The number of nitrogens with zero attached hydrogens (tertiary/aromatic N) is 2. The van der Waals surface area contributed by atoms with Gasteiger partial charge in [0, 0.05) is 29.9 Å². The van der Waals surface area contributed by atoms with Crippen LogP contribution in [0.15, 0.2) is 36.2 Å². The Morgan fingerprint density at radius 1 is 1.25 bits per heavy atom. The maximum Gasteiger partial charge on any atom is 0.0794 e. The summed E-state index contributed by atoms with van der Waals surface area (Å²) >= 11 is 1.59. The van der Waals surface area contributed by atoms with E-state index in [9.17, 15) is 5.11 Å². The molecular formula is C12H14N2OS. The summed E-state index contributed by atoms with van der Waals surface area (Å²) in [6.07, 6.45) is 7.48. The van der Waals surface area contributed by atoms with Gasteiger partial charge in [-0.2, -0.15) is 0 Å². The number of aromatic nitrogens is 2. The molecule has 4 heteroatoms. The Kier molecular flexibility index (Phi) is 4.02. The van der Waals surface area contributed by atoms with E-state index < -0.39 is 0 Å². The number of hydrogen-bond donors (Lipinski definition) is 1. The zero-order valence-electron chi connectivity index (χ0n) is 8.91. The fourth-order valence-corrected chi connectivity index (χ4v) is 2.23. The second-order valence-electron chi connectivity index (χ2n) is 3.72. The number of pyridine rings is 1. The number of aliphatic hydroxyl groups is 1. The topological polar surface area (TPSA) is 46.0 Å². The number of aliphatic hydroxyl groups excluding tert-OH is 1. The van der Waals surface area contributed by atoms with Gasteiger partial charge in [-0.25, -0.2) is 0 Å². The van der Waals surface area contributed by atoms with Gasteiger partial charge in [-0.1, -0.05) is 0 Å². The smallest absolute Gasteiger partial charge is 0.0794 e. The van der Waals surface area contributed by atoms with Crippen LogP contribution in [-0.2, 0) is 12.8 Å². The highest BCUT2D eigenvalue weighted by molar-refractivity contribution is 7.09. The zero-order valence-corrected chi connectivity index (χ0v) is 9.73. The summed E-state index contributed by atoms with van der Waals surface area (Å²) in [6, 6.07) is 3.97. The largest absolute Gasteiger partial charge is 0.393 e. The number of hydrogen-bond acceptors (Lipinski definition) is 4. The standard InChI is InChI=1S/C12H14N2OS/c15-11(7-12-8-14-9-16-12)2-1-10-3-5-13-6-4-10/h3-6,8-9,11,15H,1-2,7H2. The van der Waals surface area contributed by atoms with Gasteiger partial charge >= 0.3 is 0 Å². The number of aryl methyl sites for hydroxylation is 1. The molecule has 2 aromatic rings. The first-order valence-electron chi connectivity index (χ1n) is 5.29. The van der Waals surface area contributed by atoms with Crippen LogP contribution in [0.1, 0.15) is 16.9 Å². The molecule has 0 saturated carbocycles. The van der Waals surface area contributed by atoms with E-state index in [2.05, 4.69) is 9.97 Å². The van der Waals surface area contributed by atoms with E-state index in [1.54, 1.807) is 29.2 Å². The van der Waals surface area contributed by atoms with Gasteiger partial charge in [0.2, 0.25) is 0 Å². The van der Waals surface area contributed by atoms with E-state index in [0.717, 1.165) is 17.7 Å². The van der Waals surface area contributed by atoms with Gasteiger partial charge in [0.05, 0.1) is 11.6 Å². The predicted octanol–water partition coefficient (Wildman–Crippen LogP) is 2.07. The zero-order chi connectivity index (χ0) is 11.2. The van der Waals surface area contributed by atoms with Crippen LogP contribution in [-0.4, -0.2) is 21.2 Å². The van der Waals surface area contributed by atoms with Crippen LogP contribution in [0.2, 0.25) is 0 Å². The van der Waals surface area contributed by atoms with Crippen molar-refractivity contribution < 1.29 is 5.11 Å². The van der Waals surface area contributed by atoms with E-state index in [1.165, 1.54) is 5.56 Å². The minimum Gasteiger partial charge on any atom is -0.393 e. The molecule has 0 amide bonds. The SMILES string of the molecule is OC(CCc1ccncc1)Cc1cncs1. The molecule has 84 valence electrons. The molecule has 2 rings (SSSR count). The third-order valence-electron chi connectivity index (χ3n) is 2.44. The van der Waals surface area contributed by atoms with Crippen LogP contribution in [0.4, 0.5) is 0 Å². The van der Waals surface area contributed by atoms with Gasteiger partial charge in [0.15, 0.2) is 0 Å². The van der Waals surface area contributed by atoms with Crippen molar-refractivity contribution in [2.75, 3.05) is 0 Å². The average Bonchev–Trinajstić information content (AvgIpc) is 2.81. The lowest BCUT2D eigenvalue weighted by Gasteiger charge is -2.08. The highest BCUT2D eigenvalue weighted by atomic mass is 32.1. The fraction of sp³-hybridized carbons (Fsp3) is 0.333. The first-order valence-corrected chi connectivity index (χ1v) is 6.17. The van der Waals surface area contributed by atoms with Gasteiger partial charge in [0.25, 0.3) is 0 Å².